The summed E-state index contributed by atoms with van der Waals surface area (Å²) >= 11 is 0. The summed E-state index contributed by atoms with van der Waals surface area (Å²) in [4.78, 5) is 70.6. The summed E-state index contributed by atoms with van der Waals surface area (Å²) in [5.74, 6) is -4.52. The van der Waals surface area contributed by atoms with E-state index in [-0.39, 0.29) is 32.1 Å². The van der Waals surface area contributed by atoms with Crippen LogP contribution in [0.4, 0.5) is 0 Å². The Balaban J connectivity index is 1.40. The lowest BCUT2D eigenvalue weighted by Crippen LogP contribution is -2.58. The number of para-hydroxylation sites is 2. The topological polar surface area (TPSA) is 219 Å². The Morgan fingerprint density at radius 2 is 1.08 bits per heavy atom. The van der Waals surface area contributed by atoms with Gasteiger partial charge in [-0.2, -0.15) is 0 Å². The average Bonchev–Trinajstić information content (AvgIpc) is 3.70. The Hall–Kier alpha value is -5.95. The normalized spacial score (nSPS) is 13.7. The van der Waals surface area contributed by atoms with Crippen molar-refractivity contribution in [1.82, 2.24) is 25.9 Å². The number of aromatic amines is 2. The maximum absolute atomic E-state index is 13.9. The second kappa shape index (κ2) is 15.8. The van der Waals surface area contributed by atoms with Crippen LogP contribution in [-0.2, 0) is 43.2 Å². The summed E-state index contributed by atoms with van der Waals surface area (Å²) in [6.07, 6.45) is 2.99. The van der Waals surface area contributed by atoms with Gasteiger partial charge in [-0.1, -0.05) is 66.7 Å². The SMILES string of the molecule is NC(CCC(=O)O)C(=O)NC(Cc1ccccc1)C(=O)NC(Cc1c[nH]c2ccccc12)C(=O)NC(Cc1c[nH]c2ccccc12)C(=O)O. The molecule has 4 unspecified atom stereocenters. The Kier molecular flexibility index (Phi) is 11.1. The van der Waals surface area contributed by atoms with E-state index in [0.29, 0.717) is 16.7 Å². The molecule has 0 bridgehead atoms. The van der Waals surface area contributed by atoms with Crippen molar-refractivity contribution in [2.24, 2.45) is 5.73 Å². The number of carbonyl (C=O) groups excluding carboxylic acids is 3. The second-order valence-electron chi connectivity index (χ2n) is 11.9. The Labute approximate surface area is 281 Å². The molecule has 13 nitrogen and oxygen atoms in total. The van der Waals surface area contributed by atoms with Gasteiger partial charge in [0, 0.05) is 59.9 Å². The third-order valence-corrected chi connectivity index (χ3v) is 8.37. The number of amides is 3. The third-order valence-electron chi connectivity index (χ3n) is 8.37. The van der Waals surface area contributed by atoms with Crippen molar-refractivity contribution >= 4 is 51.5 Å². The van der Waals surface area contributed by atoms with E-state index >= 15 is 0 Å². The fraction of sp³-hybridized carbons (Fsp3) is 0.250. The molecule has 0 aliphatic rings. The van der Waals surface area contributed by atoms with Gasteiger partial charge in [0.25, 0.3) is 0 Å². The molecule has 2 heterocycles. The Morgan fingerprint density at radius 1 is 0.612 bits per heavy atom. The highest BCUT2D eigenvalue weighted by molar-refractivity contribution is 5.95. The van der Waals surface area contributed by atoms with Gasteiger partial charge in [0.05, 0.1) is 6.04 Å². The molecule has 49 heavy (non-hydrogen) atoms. The minimum absolute atomic E-state index is 0.00510. The summed E-state index contributed by atoms with van der Waals surface area (Å²) in [5.41, 5.74) is 9.70. The number of hydrogen-bond acceptors (Lipinski definition) is 6. The van der Waals surface area contributed by atoms with Crippen molar-refractivity contribution in [3.05, 3.63) is 108 Å². The molecule has 0 aliphatic carbocycles. The number of rotatable bonds is 16. The predicted molar refractivity (Wildman–Crippen MR) is 182 cm³/mol. The van der Waals surface area contributed by atoms with Crippen LogP contribution in [0, 0.1) is 0 Å². The molecule has 13 heteroatoms. The van der Waals surface area contributed by atoms with Crippen molar-refractivity contribution in [3.63, 3.8) is 0 Å². The van der Waals surface area contributed by atoms with E-state index in [1.807, 2.05) is 48.5 Å². The second-order valence-corrected chi connectivity index (χ2v) is 11.9. The molecule has 2 aromatic heterocycles. The van der Waals surface area contributed by atoms with Crippen molar-refractivity contribution in [1.29, 1.82) is 0 Å². The zero-order valence-corrected chi connectivity index (χ0v) is 26.5. The van der Waals surface area contributed by atoms with Crippen LogP contribution in [0.15, 0.2) is 91.3 Å². The van der Waals surface area contributed by atoms with E-state index in [0.717, 1.165) is 21.8 Å². The molecule has 0 saturated heterocycles. The van der Waals surface area contributed by atoms with Crippen molar-refractivity contribution in [3.8, 4) is 0 Å². The lowest BCUT2D eigenvalue weighted by atomic mass is 10.0. The van der Waals surface area contributed by atoms with Crippen LogP contribution < -0.4 is 21.7 Å². The highest BCUT2D eigenvalue weighted by Gasteiger charge is 2.32. The summed E-state index contributed by atoms with van der Waals surface area (Å²) in [6, 6.07) is 18.8. The number of benzene rings is 3. The fourth-order valence-corrected chi connectivity index (χ4v) is 5.74. The number of fused-ring (bicyclic) bond motifs is 2. The number of H-pyrrole nitrogens is 2. The largest absolute Gasteiger partial charge is 0.481 e. The minimum atomic E-state index is -1.32. The van der Waals surface area contributed by atoms with Crippen LogP contribution in [0.2, 0.25) is 0 Å². The van der Waals surface area contributed by atoms with E-state index in [9.17, 15) is 29.1 Å². The maximum Gasteiger partial charge on any atom is 0.326 e. The van der Waals surface area contributed by atoms with E-state index in [1.165, 1.54) is 0 Å². The number of carboxylic acid groups (broad SMARTS) is 2. The highest BCUT2D eigenvalue weighted by Crippen LogP contribution is 2.21. The van der Waals surface area contributed by atoms with E-state index in [4.69, 9.17) is 10.8 Å². The Bertz CT molecular complexity index is 1950. The predicted octanol–water partition coefficient (Wildman–Crippen LogP) is 2.41. The van der Waals surface area contributed by atoms with Gasteiger partial charge in [-0.25, -0.2) is 4.79 Å². The van der Waals surface area contributed by atoms with Gasteiger partial charge in [0.2, 0.25) is 17.7 Å². The number of carbonyl (C=O) groups is 5. The third kappa shape index (κ3) is 8.90. The van der Waals surface area contributed by atoms with E-state index < -0.39 is 53.8 Å². The number of aliphatic carboxylic acids is 2. The number of hydrogen-bond donors (Lipinski definition) is 8. The molecular formula is C36H38N6O7. The first-order valence-corrected chi connectivity index (χ1v) is 15.8. The molecule has 5 rings (SSSR count). The summed E-state index contributed by atoms with van der Waals surface area (Å²) in [7, 11) is 0. The molecule has 4 atom stereocenters. The summed E-state index contributed by atoms with van der Waals surface area (Å²) in [5, 5.41) is 28.8. The molecular weight excluding hydrogens is 628 g/mol. The number of nitrogens with one attached hydrogen (secondary N) is 5. The fourth-order valence-electron chi connectivity index (χ4n) is 5.74. The van der Waals surface area contributed by atoms with Crippen LogP contribution in [-0.4, -0.2) is 74.0 Å². The molecule has 3 aromatic carbocycles. The number of nitrogens with two attached hydrogens (primary N) is 1. The summed E-state index contributed by atoms with van der Waals surface area (Å²) in [6.45, 7) is 0. The molecule has 3 amide bonds. The van der Waals surface area contributed by atoms with Crippen LogP contribution in [0.1, 0.15) is 29.5 Å². The minimum Gasteiger partial charge on any atom is -0.481 e. The molecule has 0 fully saturated rings. The Morgan fingerprint density at radius 3 is 1.63 bits per heavy atom. The molecule has 9 N–H and O–H groups in total. The van der Waals surface area contributed by atoms with Gasteiger partial charge in [0.15, 0.2) is 0 Å². The van der Waals surface area contributed by atoms with Gasteiger partial charge in [-0.05, 0) is 35.2 Å². The molecule has 0 aliphatic heterocycles. The zero-order chi connectivity index (χ0) is 34.9. The number of carboxylic acids is 2. The zero-order valence-electron chi connectivity index (χ0n) is 26.5. The van der Waals surface area contributed by atoms with Crippen molar-refractivity contribution < 1.29 is 34.2 Å². The number of aromatic nitrogens is 2. The first-order valence-electron chi connectivity index (χ1n) is 15.8. The first-order chi connectivity index (χ1) is 23.6. The lowest BCUT2D eigenvalue weighted by molar-refractivity contribution is -0.142. The van der Waals surface area contributed by atoms with Crippen molar-refractivity contribution in [2.45, 2.75) is 56.3 Å². The van der Waals surface area contributed by atoms with Gasteiger partial charge < -0.3 is 41.9 Å². The van der Waals surface area contributed by atoms with E-state index in [1.54, 1.807) is 42.7 Å². The molecule has 254 valence electrons. The molecule has 0 saturated carbocycles. The standard InChI is InChI=1S/C36H38N6O7/c37-26(14-15-32(43)44)33(45)40-29(16-21-8-2-1-3-9-21)34(46)41-30(17-22-19-38-27-12-6-4-10-24(22)27)35(47)42-31(36(48)49)18-23-20-39-28-13-7-5-11-25(23)28/h1-13,19-20,26,29-31,38-39H,14-18,37H2,(H,40,45)(H,41,46)(H,42,47)(H,43,44)(H,48,49). The molecule has 0 spiro atoms. The van der Waals surface area contributed by atoms with Crippen LogP contribution in [0.25, 0.3) is 21.8 Å². The van der Waals surface area contributed by atoms with Crippen LogP contribution >= 0.6 is 0 Å². The molecule has 0 radical (unpaired) electrons. The van der Waals surface area contributed by atoms with E-state index in [2.05, 4.69) is 25.9 Å². The maximum atomic E-state index is 13.9. The van der Waals surface area contributed by atoms with Crippen LogP contribution in [0.3, 0.4) is 0 Å². The van der Waals surface area contributed by atoms with Gasteiger partial charge in [0.1, 0.15) is 18.1 Å². The quantitative estimate of drug-likeness (QED) is 0.0780. The van der Waals surface area contributed by atoms with Gasteiger partial charge >= 0.3 is 11.9 Å². The van der Waals surface area contributed by atoms with Gasteiger partial charge in [-0.15, -0.1) is 0 Å². The van der Waals surface area contributed by atoms with Gasteiger partial charge in [-0.3, -0.25) is 19.2 Å². The molecule has 5 aromatic rings. The van der Waals surface area contributed by atoms with Crippen LogP contribution in [0.5, 0.6) is 0 Å². The summed E-state index contributed by atoms with van der Waals surface area (Å²) < 4.78 is 0. The first kappa shape index (κ1) is 34.4. The average molecular weight is 667 g/mol. The van der Waals surface area contributed by atoms with Crippen molar-refractivity contribution in [2.75, 3.05) is 0 Å². The smallest absolute Gasteiger partial charge is 0.326 e. The lowest BCUT2D eigenvalue weighted by Gasteiger charge is -2.25. The highest BCUT2D eigenvalue weighted by atomic mass is 16.4. The monoisotopic (exact) mass is 666 g/mol.